The third kappa shape index (κ3) is 39.6. The number of esters is 1. The summed E-state index contributed by atoms with van der Waals surface area (Å²) in [4.78, 5) is 12.9. The first kappa shape index (κ1) is 63.9. The van der Waals surface area contributed by atoms with Gasteiger partial charge in [0.2, 0.25) is 0 Å². The van der Waals surface area contributed by atoms with Crippen LogP contribution in [0.4, 0.5) is 0 Å². The summed E-state index contributed by atoms with van der Waals surface area (Å²) < 4.78 is 23.0. The summed E-state index contributed by atoms with van der Waals surface area (Å²) in [5.41, 5.74) is 0. The van der Waals surface area contributed by atoms with Gasteiger partial charge in [-0.2, -0.15) is 0 Å². The zero-order chi connectivity index (χ0) is 49.2. The van der Waals surface area contributed by atoms with Crippen LogP contribution in [0.2, 0.25) is 0 Å². The molecule has 1 rings (SSSR count). The van der Waals surface area contributed by atoms with Crippen molar-refractivity contribution in [2.45, 2.75) is 282 Å². The Morgan fingerprint density at radius 3 is 1.37 bits per heavy atom. The molecule has 0 bridgehead atoms. The number of allylic oxidation sites excluding steroid dienone is 10. The van der Waals surface area contributed by atoms with E-state index in [4.69, 9.17) is 18.9 Å². The van der Waals surface area contributed by atoms with Crippen molar-refractivity contribution in [3.8, 4) is 0 Å². The Bertz CT molecular complexity index is 1230. The second-order valence-electron chi connectivity index (χ2n) is 19.4. The number of aliphatic hydroxyl groups is 4. The smallest absolute Gasteiger partial charge is 0.306 e. The molecule has 6 atom stereocenters. The summed E-state index contributed by atoms with van der Waals surface area (Å²) in [7, 11) is 0. The Morgan fingerprint density at radius 2 is 0.897 bits per heavy atom. The summed E-state index contributed by atoms with van der Waals surface area (Å²) in [5.74, 6) is -0.317. The number of carbonyl (C=O) groups is 1. The lowest BCUT2D eigenvalue weighted by atomic mass is 9.99. The van der Waals surface area contributed by atoms with Crippen LogP contribution in [-0.4, -0.2) is 89.6 Å². The first-order valence-electron chi connectivity index (χ1n) is 28.4. The van der Waals surface area contributed by atoms with E-state index in [1.807, 2.05) is 0 Å². The van der Waals surface area contributed by atoms with E-state index in [0.29, 0.717) is 13.0 Å². The number of ether oxygens (including phenoxy) is 4. The molecule has 6 unspecified atom stereocenters. The highest BCUT2D eigenvalue weighted by atomic mass is 16.7. The first-order chi connectivity index (χ1) is 33.4. The van der Waals surface area contributed by atoms with Crippen LogP contribution in [0.3, 0.4) is 0 Å². The molecular weight excluding hydrogens is 853 g/mol. The van der Waals surface area contributed by atoms with Gasteiger partial charge in [0.1, 0.15) is 30.5 Å². The molecule has 9 heteroatoms. The number of hydrogen-bond acceptors (Lipinski definition) is 9. The zero-order valence-electron chi connectivity index (χ0n) is 43.9. The lowest BCUT2D eigenvalue weighted by Crippen LogP contribution is -2.59. The van der Waals surface area contributed by atoms with Crippen LogP contribution < -0.4 is 0 Å². The van der Waals surface area contributed by atoms with Gasteiger partial charge >= 0.3 is 5.97 Å². The van der Waals surface area contributed by atoms with Crippen LogP contribution in [0, 0.1) is 0 Å². The second-order valence-corrected chi connectivity index (χ2v) is 19.4. The standard InChI is InChI=1S/C59H106O9/c1-3-5-7-9-11-13-15-17-19-21-23-25-27-28-30-32-34-36-38-40-42-44-46-48-55(61)67-53(52-66-59-58(64)57(63)56(62)54(50-60)68-59)51-65-49-47-45-43-41-39-37-35-33-31-29-26-24-22-20-18-16-14-12-10-8-6-4-2/h5,7,11,13,17,19,22-25,53-54,56-60,62-64H,3-4,6,8-10,12,14-16,18,20-21,26-52H2,1-2H3/b7-5-,13-11-,19-17-,24-22-,25-23-. The van der Waals surface area contributed by atoms with E-state index < -0.39 is 43.4 Å². The van der Waals surface area contributed by atoms with E-state index in [0.717, 1.165) is 64.2 Å². The molecule has 396 valence electrons. The third-order valence-corrected chi connectivity index (χ3v) is 12.9. The quantitative estimate of drug-likeness (QED) is 0.0267. The van der Waals surface area contributed by atoms with Crippen molar-refractivity contribution in [3.63, 3.8) is 0 Å². The Labute approximate surface area is 417 Å². The van der Waals surface area contributed by atoms with Crippen molar-refractivity contribution in [1.29, 1.82) is 0 Å². The van der Waals surface area contributed by atoms with Crippen LogP contribution in [0.25, 0.3) is 0 Å². The Morgan fingerprint density at radius 1 is 0.485 bits per heavy atom. The van der Waals surface area contributed by atoms with Gasteiger partial charge in [-0.15, -0.1) is 0 Å². The van der Waals surface area contributed by atoms with Crippen molar-refractivity contribution in [2.24, 2.45) is 0 Å². The molecule has 1 aliphatic heterocycles. The molecule has 0 radical (unpaired) electrons. The zero-order valence-corrected chi connectivity index (χ0v) is 43.9. The van der Waals surface area contributed by atoms with Gasteiger partial charge < -0.3 is 39.4 Å². The molecule has 1 fully saturated rings. The molecule has 0 aliphatic carbocycles. The van der Waals surface area contributed by atoms with Crippen molar-refractivity contribution < 1.29 is 44.2 Å². The van der Waals surface area contributed by atoms with Gasteiger partial charge in [0.05, 0.1) is 19.8 Å². The first-order valence-corrected chi connectivity index (χ1v) is 28.4. The molecule has 1 heterocycles. The van der Waals surface area contributed by atoms with Crippen molar-refractivity contribution in [2.75, 3.05) is 26.4 Å². The molecule has 0 aromatic carbocycles. The van der Waals surface area contributed by atoms with Crippen molar-refractivity contribution >= 4 is 5.97 Å². The maximum absolute atomic E-state index is 12.9. The summed E-state index contributed by atoms with van der Waals surface area (Å²) >= 11 is 0. The van der Waals surface area contributed by atoms with Gasteiger partial charge in [0.25, 0.3) is 0 Å². The average Bonchev–Trinajstić information content (AvgIpc) is 3.34. The van der Waals surface area contributed by atoms with Gasteiger partial charge in [-0.25, -0.2) is 0 Å². The van der Waals surface area contributed by atoms with E-state index >= 15 is 0 Å². The molecular formula is C59H106O9. The van der Waals surface area contributed by atoms with Gasteiger partial charge in [-0.1, -0.05) is 222 Å². The summed E-state index contributed by atoms with van der Waals surface area (Å²) in [6, 6.07) is 0. The third-order valence-electron chi connectivity index (χ3n) is 12.9. The van der Waals surface area contributed by atoms with E-state index in [1.165, 1.54) is 161 Å². The highest BCUT2D eigenvalue weighted by Gasteiger charge is 2.44. The molecule has 1 aliphatic rings. The van der Waals surface area contributed by atoms with Crippen LogP contribution in [-0.2, 0) is 23.7 Å². The molecule has 68 heavy (non-hydrogen) atoms. The van der Waals surface area contributed by atoms with Gasteiger partial charge in [-0.3, -0.25) is 4.79 Å². The van der Waals surface area contributed by atoms with Crippen LogP contribution in [0.15, 0.2) is 60.8 Å². The average molecular weight is 959 g/mol. The minimum Gasteiger partial charge on any atom is -0.457 e. The highest BCUT2D eigenvalue weighted by molar-refractivity contribution is 5.69. The van der Waals surface area contributed by atoms with E-state index in [2.05, 4.69) is 74.6 Å². The fraction of sp³-hybridized carbons (Fsp3) is 0.814. The highest BCUT2D eigenvalue weighted by Crippen LogP contribution is 2.23. The molecule has 9 nitrogen and oxygen atoms in total. The lowest BCUT2D eigenvalue weighted by Gasteiger charge is -2.39. The van der Waals surface area contributed by atoms with Crippen LogP contribution in [0.5, 0.6) is 0 Å². The monoisotopic (exact) mass is 959 g/mol. The summed E-state index contributed by atoms with van der Waals surface area (Å²) in [6.45, 7) is 4.47. The fourth-order valence-electron chi connectivity index (χ4n) is 8.54. The maximum Gasteiger partial charge on any atom is 0.306 e. The normalized spacial score (nSPS) is 19.5. The topological polar surface area (TPSA) is 135 Å². The maximum atomic E-state index is 12.9. The molecule has 0 saturated carbocycles. The number of aliphatic hydroxyl groups excluding tert-OH is 4. The SMILES string of the molecule is CC/C=C\C/C=C\C/C=C\C/C=C\CCCCCCCCCCCCC(=O)OC(COCCCCCCCCCCCC/C=C\CCCCCCCCCC)COC1OC(CO)C(O)C(O)C1O. The minimum absolute atomic E-state index is 0.116. The molecule has 4 N–H and O–H groups in total. The lowest BCUT2D eigenvalue weighted by molar-refractivity contribution is -0.305. The second kappa shape index (κ2) is 49.9. The van der Waals surface area contributed by atoms with Gasteiger partial charge in [0.15, 0.2) is 6.29 Å². The molecule has 0 spiro atoms. The Kier molecular flexibility index (Phi) is 46.9. The van der Waals surface area contributed by atoms with Crippen molar-refractivity contribution in [1.82, 2.24) is 0 Å². The predicted octanol–water partition coefficient (Wildman–Crippen LogP) is 14.6. The van der Waals surface area contributed by atoms with E-state index in [1.54, 1.807) is 0 Å². The Balaban J connectivity index is 2.17. The molecule has 1 saturated heterocycles. The molecule has 0 amide bonds. The molecule has 0 aromatic heterocycles. The fourth-order valence-corrected chi connectivity index (χ4v) is 8.54. The Hall–Kier alpha value is -2.11. The number of hydrogen-bond donors (Lipinski definition) is 4. The number of rotatable bonds is 49. The van der Waals surface area contributed by atoms with Crippen LogP contribution in [0.1, 0.15) is 245 Å². The van der Waals surface area contributed by atoms with E-state index in [9.17, 15) is 25.2 Å². The van der Waals surface area contributed by atoms with Gasteiger partial charge in [-0.05, 0) is 77.0 Å². The van der Waals surface area contributed by atoms with Crippen LogP contribution >= 0.6 is 0 Å². The predicted molar refractivity (Wildman–Crippen MR) is 284 cm³/mol. The molecule has 0 aromatic rings. The van der Waals surface area contributed by atoms with E-state index in [-0.39, 0.29) is 19.2 Å². The number of carbonyl (C=O) groups excluding carboxylic acids is 1. The minimum atomic E-state index is -1.54. The summed E-state index contributed by atoms with van der Waals surface area (Å²) in [5, 5.41) is 40.3. The largest absolute Gasteiger partial charge is 0.457 e. The summed E-state index contributed by atoms with van der Waals surface area (Å²) in [6.07, 6.45) is 58.3. The van der Waals surface area contributed by atoms with Crippen molar-refractivity contribution in [3.05, 3.63) is 60.8 Å². The van der Waals surface area contributed by atoms with Gasteiger partial charge in [0, 0.05) is 13.0 Å². The number of unbranched alkanes of at least 4 members (excludes halogenated alkanes) is 28.